The summed E-state index contributed by atoms with van der Waals surface area (Å²) in [6, 6.07) is 0. The molecule has 0 saturated carbocycles. The summed E-state index contributed by atoms with van der Waals surface area (Å²) >= 11 is 0. The normalized spacial score (nSPS) is 24.4. The Morgan fingerprint density at radius 1 is 0.400 bits per heavy atom. The van der Waals surface area contributed by atoms with Gasteiger partial charge in [0.15, 0.2) is 0 Å². The van der Waals surface area contributed by atoms with Crippen molar-refractivity contribution in [2.24, 2.45) is 0 Å². The van der Waals surface area contributed by atoms with E-state index < -0.39 is 5.97 Å². The van der Waals surface area contributed by atoms with Crippen LogP contribution in [-0.4, -0.2) is 5.97 Å². The molecule has 0 N–H and O–H groups in total. The topological polar surface area (TPSA) is 27.7 Å². The van der Waals surface area contributed by atoms with Gasteiger partial charge < -0.3 is 14.2 Å². The Hall–Kier alpha value is -1.38. The van der Waals surface area contributed by atoms with Crippen LogP contribution >= 0.6 is 0 Å². The van der Waals surface area contributed by atoms with Gasteiger partial charge in [-0.25, -0.2) is 0 Å². The number of hydrogen-bond donors (Lipinski definition) is 0. The molecule has 0 aromatic carbocycles. The molecule has 0 bridgehead atoms. The average Bonchev–Trinajstić information content (AvgIpc) is 2.86. The average molecular weight is 486 g/mol. The summed E-state index contributed by atoms with van der Waals surface area (Å²) in [7, 11) is 0. The summed E-state index contributed by atoms with van der Waals surface area (Å²) in [4.78, 5) is 0. The van der Waals surface area contributed by atoms with Crippen molar-refractivity contribution in [3.8, 4) is 0 Å². The van der Waals surface area contributed by atoms with Gasteiger partial charge in [0.05, 0.1) is 6.92 Å². The first-order chi connectivity index (χ1) is 17.2. The van der Waals surface area contributed by atoms with Gasteiger partial charge in [-0.3, -0.25) is 0 Å². The molecule has 0 unspecified atom stereocenters. The minimum absolute atomic E-state index is 0.947. The zero-order chi connectivity index (χ0) is 24.4. The highest BCUT2D eigenvalue weighted by atomic mass is 16.9. The minimum atomic E-state index is -1.35. The maximum atomic E-state index is 6.60. The van der Waals surface area contributed by atoms with Gasteiger partial charge in [0.2, 0.25) is 0 Å². The van der Waals surface area contributed by atoms with E-state index in [0.717, 1.165) is 75.1 Å². The molecule has 35 heavy (non-hydrogen) atoms. The van der Waals surface area contributed by atoms with Crippen molar-refractivity contribution in [1.29, 1.82) is 0 Å². The second-order valence-electron chi connectivity index (χ2n) is 11.0. The smallest absolute Gasteiger partial charge is 0.416 e. The maximum Gasteiger partial charge on any atom is 0.416 e. The van der Waals surface area contributed by atoms with E-state index >= 15 is 0 Å². The first kappa shape index (κ1) is 28.2. The molecule has 0 aromatic rings. The summed E-state index contributed by atoms with van der Waals surface area (Å²) in [5.41, 5.74) is 0. The Morgan fingerprint density at radius 3 is 0.971 bits per heavy atom. The number of rotatable bonds is 6. The standard InChI is InChI=1S/C32H53O3/c1-32(33-29-23-17-11-5-2-6-12-18-24-29,34-30-25-19-13-7-3-8-14-20-26-30)35-31-27-21-15-9-4-10-16-22-28-31/h23,25,27H,1-22,24,26,28H2. The summed E-state index contributed by atoms with van der Waals surface area (Å²) in [6.45, 7) is 4.45. The third-order valence-corrected chi connectivity index (χ3v) is 7.61. The molecular formula is C32H53O3. The fraction of sp³-hybridized carbons (Fsp3) is 0.781. The van der Waals surface area contributed by atoms with Crippen LogP contribution in [-0.2, 0) is 14.2 Å². The molecule has 0 spiro atoms. The zero-order valence-electron chi connectivity index (χ0n) is 22.6. The Bertz CT molecular complexity index is 571. The van der Waals surface area contributed by atoms with Crippen LogP contribution in [0.2, 0.25) is 0 Å². The first-order valence-electron chi connectivity index (χ1n) is 15.2. The Balaban J connectivity index is 1.76. The Morgan fingerprint density at radius 2 is 0.657 bits per heavy atom. The van der Waals surface area contributed by atoms with E-state index in [2.05, 4.69) is 25.2 Å². The number of ether oxygens (including phenoxy) is 3. The lowest BCUT2D eigenvalue weighted by Crippen LogP contribution is -2.36. The molecule has 0 fully saturated rings. The van der Waals surface area contributed by atoms with Gasteiger partial charge >= 0.3 is 5.97 Å². The van der Waals surface area contributed by atoms with E-state index in [9.17, 15) is 0 Å². The van der Waals surface area contributed by atoms with Gasteiger partial charge in [-0.2, -0.15) is 0 Å². The molecule has 3 nitrogen and oxygen atoms in total. The summed E-state index contributed by atoms with van der Waals surface area (Å²) in [5.74, 6) is 1.66. The third-order valence-electron chi connectivity index (χ3n) is 7.61. The molecule has 0 heterocycles. The van der Waals surface area contributed by atoms with Crippen LogP contribution in [0.15, 0.2) is 35.5 Å². The fourth-order valence-corrected chi connectivity index (χ4v) is 5.49. The number of allylic oxidation sites excluding steroid dienone is 6. The maximum absolute atomic E-state index is 6.60. The predicted molar refractivity (Wildman–Crippen MR) is 146 cm³/mol. The molecule has 0 atom stereocenters. The van der Waals surface area contributed by atoms with E-state index in [-0.39, 0.29) is 0 Å². The van der Waals surface area contributed by atoms with E-state index in [1.807, 2.05) is 0 Å². The largest absolute Gasteiger partial charge is 0.425 e. The van der Waals surface area contributed by atoms with Crippen LogP contribution in [0.4, 0.5) is 0 Å². The molecule has 199 valence electrons. The Kier molecular flexibility index (Phi) is 13.8. The lowest BCUT2D eigenvalue weighted by molar-refractivity contribution is -0.308. The van der Waals surface area contributed by atoms with Crippen molar-refractivity contribution in [2.75, 3.05) is 0 Å². The second kappa shape index (κ2) is 17.1. The van der Waals surface area contributed by atoms with Crippen molar-refractivity contribution < 1.29 is 14.2 Å². The zero-order valence-corrected chi connectivity index (χ0v) is 22.6. The van der Waals surface area contributed by atoms with E-state index in [1.165, 1.54) is 96.3 Å². The van der Waals surface area contributed by atoms with Crippen LogP contribution in [0.3, 0.4) is 0 Å². The van der Waals surface area contributed by atoms with Crippen molar-refractivity contribution in [2.45, 2.75) is 160 Å². The lowest BCUT2D eigenvalue weighted by atomic mass is 10.0. The highest BCUT2D eigenvalue weighted by Crippen LogP contribution is 2.32. The SMILES string of the molecule is [CH2]C(OC1=CCCCCCCCC1)(OC1=CCCCCCCCC1)OC1=CCCCCCCCC1. The lowest BCUT2D eigenvalue weighted by Gasteiger charge is -2.34. The van der Waals surface area contributed by atoms with Gasteiger partial charge in [-0.05, 0) is 76.0 Å². The second-order valence-corrected chi connectivity index (χ2v) is 11.0. The molecule has 0 saturated heterocycles. The van der Waals surface area contributed by atoms with Crippen molar-refractivity contribution in [3.63, 3.8) is 0 Å². The van der Waals surface area contributed by atoms with E-state index in [0.29, 0.717) is 0 Å². The molecule has 0 aliphatic heterocycles. The molecule has 3 heteroatoms. The molecule has 1 radical (unpaired) electrons. The summed E-state index contributed by atoms with van der Waals surface area (Å²) < 4.78 is 19.8. The van der Waals surface area contributed by atoms with Gasteiger partial charge in [0.25, 0.3) is 0 Å². The van der Waals surface area contributed by atoms with Crippen LogP contribution < -0.4 is 0 Å². The molecule has 0 amide bonds. The molecule has 0 aromatic heterocycles. The quantitative estimate of drug-likeness (QED) is 0.350. The van der Waals surface area contributed by atoms with Gasteiger partial charge in [-0.15, -0.1) is 0 Å². The molecule has 3 aliphatic rings. The van der Waals surface area contributed by atoms with Crippen LogP contribution in [0.25, 0.3) is 0 Å². The van der Waals surface area contributed by atoms with Gasteiger partial charge in [-0.1, -0.05) is 77.0 Å². The monoisotopic (exact) mass is 485 g/mol. The van der Waals surface area contributed by atoms with Crippen molar-refractivity contribution in [3.05, 3.63) is 42.4 Å². The minimum Gasteiger partial charge on any atom is -0.425 e. The van der Waals surface area contributed by atoms with E-state index in [4.69, 9.17) is 14.2 Å². The van der Waals surface area contributed by atoms with Crippen molar-refractivity contribution in [1.82, 2.24) is 0 Å². The van der Waals surface area contributed by atoms with Crippen LogP contribution in [0.1, 0.15) is 154 Å². The molecule has 3 aliphatic carbocycles. The van der Waals surface area contributed by atoms with Gasteiger partial charge in [0, 0.05) is 19.3 Å². The molecule has 3 rings (SSSR count). The third kappa shape index (κ3) is 12.4. The van der Waals surface area contributed by atoms with Crippen LogP contribution in [0, 0.1) is 6.92 Å². The summed E-state index contributed by atoms with van der Waals surface area (Å²) in [6.07, 6.45) is 35.8. The highest BCUT2D eigenvalue weighted by Gasteiger charge is 2.34. The van der Waals surface area contributed by atoms with Gasteiger partial charge in [0.1, 0.15) is 17.3 Å². The number of hydrogen-bond acceptors (Lipinski definition) is 3. The first-order valence-corrected chi connectivity index (χ1v) is 15.2. The van der Waals surface area contributed by atoms with E-state index in [1.54, 1.807) is 0 Å². The molecular weight excluding hydrogens is 432 g/mol. The van der Waals surface area contributed by atoms with Crippen molar-refractivity contribution >= 4 is 0 Å². The van der Waals surface area contributed by atoms with Crippen LogP contribution in [0.5, 0.6) is 0 Å². The Labute approximate surface area is 216 Å². The predicted octanol–water partition coefficient (Wildman–Crippen LogP) is 10.6. The highest BCUT2D eigenvalue weighted by molar-refractivity contribution is 5.02. The fourth-order valence-electron chi connectivity index (χ4n) is 5.49. The summed E-state index contributed by atoms with van der Waals surface area (Å²) in [5, 5.41) is 0.